The van der Waals surface area contributed by atoms with Gasteiger partial charge in [-0.3, -0.25) is 9.69 Å². The molecule has 0 aromatic carbocycles. The van der Waals surface area contributed by atoms with Gasteiger partial charge in [-0.15, -0.1) is 0 Å². The quantitative estimate of drug-likeness (QED) is 0.702. The minimum Gasteiger partial charge on any atom is -0.388 e. The number of carbonyl (C=O) groups excluding carboxylic acids is 1. The average molecular weight is 393 g/mol. The number of nitrogens with one attached hydrogen (secondary N) is 2. The number of imidazole rings is 1. The van der Waals surface area contributed by atoms with Gasteiger partial charge < -0.3 is 24.9 Å². The molecule has 3 aliphatic rings. The maximum Gasteiger partial charge on any atom is 0.223 e. The third-order valence-electron chi connectivity index (χ3n) is 6.74. The molecule has 0 unspecified atom stereocenters. The zero-order valence-electron chi connectivity index (χ0n) is 16.7. The van der Waals surface area contributed by atoms with Crippen LogP contribution in [0.4, 0.5) is 0 Å². The third-order valence-corrected chi connectivity index (χ3v) is 6.74. The van der Waals surface area contributed by atoms with Crippen molar-refractivity contribution in [1.29, 1.82) is 0 Å². The van der Waals surface area contributed by atoms with Crippen molar-refractivity contribution in [3.8, 4) is 0 Å². The summed E-state index contributed by atoms with van der Waals surface area (Å²) in [6, 6.07) is 0. The van der Waals surface area contributed by atoms with Crippen LogP contribution in [0.5, 0.6) is 0 Å². The van der Waals surface area contributed by atoms with Crippen molar-refractivity contribution < 1.29 is 19.4 Å². The summed E-state index contributed by atoms with van der Waals surface area (Å²) in [6.45, 7) is 6.24. The molecule has 3 N–H and O–H groups in total. The van der Waals surface area contributed by atoms with E-state index in [9.17, 15) is 9.90 Å². The van der Waals surface area contributed by atoms with E-state index in [1.807, 2.05) is 13.1 Å². The lowest BCUT2D eigenvalue weighted by molar-refractivity contribution is -0.208. The zero-order valence-corrected chi connectivity index (χ0v) is 16.7. The SMILES string of the molecule is C[C@]1(NC(=O)C2CCOCC2)CCOC2(CCN(Cc3ncc[nH]3)CC2)[C@@H]1O. The Kier molecular flexibility index (Phi) is 5.73. The van der Waals surface area contributed by atoms with E-state index >= 15 is 0 Å². The topological polar surface area (TPSA) is 99.7 Å². The fourth-order valence-corrected chi connectivity index (χ4v) is 4.84. The molecule has 1 spiro atoms. The molecule has 1 amide bonds. The Hall–Kier alpha value is -1.48. The second-order valence-corrected chi connectivity index (χ2v) is 8.67. The first-order valence-electron chi connectivity index (χ1n) is 10.4. The van der Waals surface area contributed by atoms with Gasteiger partial charge in [-0.05, 0) is 39.0 Å². The number of hydrogen-bond donors (Lipinski definition) is 3. The Morgan fingerprint density at radius 1 is 1.32 bits per heavy atom. The van der Waals surface area contributed by atoms with Crippen molar-refractivity contribution in [2.75, 3.05) is 32.9 Å². The second-order valence-electron chi connectivity index (χ2n) is 8.67. The normalized spacial score (nSPS) is 31.7. The van der Waals surface area contributed by atoms with Gasteiger partial charge in [-0.2, -0.15) is 0 Å². The van der Waals surface area contributed by atoms with Crippen LogP contribution in [0.3, 0.4) is 0 Å². The van der Waals surface area contributed by atoms with E-state index in [0.717, 1.165) is 51.1 Å². The highest BCUT2D eigenvalue weighted by Crippen LogP contribution is 2.40. The number of piperidine rings is 1. The highest BCUT2D eigenvalue weighted by molar-refractivity contribution is 5.79. The Balaban J connectivity index is 1.38. The first kappa shape index (κ1) is 19.8. The number of aliphatic hydroxyl groups excluding tert-OH is 1. The Morgan fingerprint density at radius 2 is 2.07 bits per heavy atom. The van der Waals surface area contributed by atoms with Gasteiger partial charge in [0.25, 0.3) is 0 Å². The molecule has 156 valence electrons. The molecule has 8 nitrogen and oxygen atoms in total. The number of ether oxygens (including phenoxy) is 2. The standard InChI is InChI=1S/C20H32N4O4/c1-19(23-17(25)15-2-11-27-12-3-15)6-13-28-20(18(19)26)4-9-24(10-5-20)14-16-21-7-8-22-16/h7-8,15,18,26H,2-6,9-14H2,1H3,(H,21,22)(H,23,25)/t18-,19+/m1/s1. The summed E-state index contributed by atoms with van der Waals surface area (Å²) in [4.78, 5) is 22.5. The molecule has 0 radical (unpaired) electrons. The molecular formula is C20H32N4O4. The summed E-state index contributed by atoms with van der Waals surface area (Å²) in [6.07, 6.45) is 6.50. The van der Waals surface area contributed by atoms with Crippen LogP contribution in [0.25, 0.3) is 0 Å². The van der Waals surface area contributed by atoms with E-state index in [2.05, 4.69) is 20.2 Å². The molecule has 1 aromatic rings. The number of amides is 1. The Labute approximate surface area is 166 Å². The maximum absolute atomic E-state index is 12.8. The third kappa shape index (κ3) is 3.96. The van der Waals surface area contributed by atoms with E-state index in [0.29, 0.717) is 26.2 Å². The molecule has 8 heteroatoms. The molecular weight excluding hydrogens is 360 g/mol. The first-order valence-corrected chi connectivity index (χ1v) is 10.4. The van der Waals surface area contributed by atoms with Gasteiger partial charge in [0.05, 0.1) is 17.7 Å². The number of aromatic amines is 1. The molecule has 4 heterocycles. The van der Waals surface area contributed by atoms with Gasteiger partial charge in [0.1, 0.15) is 11.9 Å². The van der Waals surface area contributed by atoms with Crippen LogP contribution < -0.4 is 5.32 Å². The van der Waals surface area contributed by atoms with Crippen molar-refractivity contribution in [3.05, 3.63) is 18.2 Å². The van der Waals surface area contributed by atoms with Crippen LogP contribution >= 0.6 is 0 Å². The highest BCUT2D eigenvalue weighted by atomic mass is 16.5. The second kappa shape index (κ2) is 8.10. The lowest BCUT2D eigenvalue weighted by Crippen LogP contribution is -2.69. The summed E-state index contributed by atoms with van der Waals surface area (Å²) in [5.74, 6) is 0.971. The molecule has 0 aliphatic carbocycles. The van der Waals surface area contributed by atoms with Crippen LogP contribution in [0.1, 0.15) is 44.9 Å². The van der Waals surface area contributed by atoms with Crippen LogP contribution in [0.2, 0.25) is 0 Å². The van der Waals surface area contributed by atoms with Crippen LogP contribution in [-0.4, -0.2) is 76.0 Å². The predicted octanol–water partition coefficient (Wildman–Crippen LogP) is 0.827. The van der Waals surface area contributed by atoms with Gasteiger partial charge in [-0.1, -0.05) is 0 Å². The van der Waals surface area contributed by atoms with E-state index in [4.69, 9.17) is 9.47 Å². The molecule has 0 saturated carbocycles. The van der Waals surface area contributed by atoms with Crippen molar-refractivity contribution in [2.45, 2.75) is 62.8 Å². The molecule has 3 aliphatic heterocycles. The fraction of sp³-hybridized carbons (Fsp3) is 0.800. The number of hydrogen-bond acceptors (Lipinski definition) is 6. The Bertz CT molecular complexity index is 653. The number of aromatic nitrogens is 2. The summed E-state index contributed by atoms with van der Waals surface area (Å²) in [5.41, 5.74) is -1.24. The summed E-state index contributed by atoms with van der Waals surface area (Å²) >= 11 is 0. The molecule has 3 saturated heterocycles. The monoisotopic (exact) mass is 392 g/mol. The number of likely N-dealkylation sites (tertiary alicyclic amines) is 1. The van der Waals surface area contributed by atoms with Gasteiger partial charge in [0, 0.05) is 51.2 Å². The predicted molar refractivity (Wildman–Crippen MR) is 102 cm³/mol. The number of aliphatic hydroxyl groups is 1. The molecule has 2 atom stereocenters. The molecule has 28 heavy (non-hydrogen) atoms. The number of nitrogens with zero attached hydrogens (tertiary/aromatic N) is 2. The number of rotatable bonds is 4. The Morgan fingerprint density at radius 3 is 2.75 bits per heavy atom. The van der Waals surface area contributed by atoms with Crippen LogP contribution in [-0.2, 0) is 20.8 Å². The van der Waals surface area contributed by atoms with Crippen LogP contribution in [0, 0.1) is 5.92 Å². The number of carbonyl (C=O) groups is 1. The van der Waals surface area contributed by atoms with E-state index in [1.54, 1.807) is 6.20 Å². The summed E-state index contributed by atoms with van der Waals surface area (Å²) in [7, 11) is 0. The van der Waals surface area contributed by atoms with Crippen molar-refractivity contribution in [3.63, 3.8) is 0 Å². The molecule has 3 fully saturated rings. The van der Waals surface area contributed by atoms with Crippen LogP contribution in [0.15, 0.2) is 12.4 Å². The smallest absolute Gasteiger partial charge is 0.223 e. The van der Waals surface area contributed by atoms with E-state index in [1.165, 1.54) is 0 Å². The van der Waals surface area contributed by atoms with E-state index < -0.39 is 17.2 Å². The van der Waals surface area contributed by atoms with Gasteiger partial charge in [0.15, 0.2) is 0 Å². The summed E-state index contributed by atoms with van der Waals surface area (Å²) in [5, 5.41) is 14.5. The lowest BCUT2D eigenvalue weighted by Gasteiger charge is -2.53. The first-order chi connectivity index (χ1) is 13.5. The molecule has 1 aromatic heterocycles. The molecule has 4 rings (SSSR count). The van der Waals surface area contributed by atoms with Crippen molar-refractivity contribution in [2.24, 2.45) is 5.92 Å². The van der Waals surface area contributed by atoms with E-state index in [-0.39, 0.29) is 11.8 Å². The minimum atomic E-state index is -0.719. The van der Waals surface area contributed by atoms with Crippen molar-refractivity contribution >= 4 is 5.91 Å². The van der Waals surface area contributed by atoms with Gasteiger partial charge in [0.2, 0.25) is 5.91 Å². The fourth-order valence-electron chi connectivity index (χ4n) is 4.84. The highest BCUT2D eigenvalue weighted by Gasteiger charge is 2.54. The van der Waals surface area contributed by atoms with Gasteiger partial charge in [-0.25, -0.2) is 4.98 Å². The number of H-pyrrole nitrogens is 1. The largest absolute Gasteiger partial charge is 0.388 e. The van der Waals surface area contributed by atoms with Gasteiger partial charge >= 0.3 is 0 Å². The molecule has 0 bridgehead atoms. The lowest BCUT2D eigenvalue weighted by atomic mass is 9.73. The summed E-state index contributed by atoms with van der Waals surface area (Å²) < 4.78 is 11.5. The maximum atomic E-state index is 12.8. The van der Waals surface area contributed by atoms with Crippen molar-refractivity contribution in [1.82, 2.24) is 20.2 Å². The minimum absolute atomic E-state index is 0.0216. The average Bonchev–Trinajstić information content (AvgIpc) is 3.22. The zero-order chi connectivity index (χ0) is 19.6.